The summed E-state index contributed by atoms with van der Waals surface area (Å²) < 4.78 is 14.3. The van der Waals surface area contributed by atoms with E-state index in [1.165, 1.54) is 31.5 Å². The van der Waals surface area contributed by atoms with Crippen LogP contribution in [-0.4, -0.2) is 27.1 Å². The molecule has 1 heterocycles. The number of halogens is 1. The van der Waals surface area contributed by atoms with Crippen molar-refractivity contribution >= 4 is 11.9 Å². The van der Waals surface area contributed by atoms with Crippen molar-refractivity contribution in [3.8, 4) is 0 Å². The second kappa shape index (κ2) is 4.88. The van der Waals surface area contributed by atoms with E-state index in [4.69, 9.17) is 5.11 Å². The van der Waals surface area contributed by atoms with Crippen LogP contribution in [0, 0.1) is 5.92 Å². The van der Waals surface area contributed by atoms with Crippen LogP contribution in [0.25, 0.3) is 0 Å². The molecule has 1 aliphatic carbocycles. The number of nitrogens with zero attached hydrogens (tertiary/aromatic N) is 1. The normalized spacial score (nSPS) is 25.6. The van der Waals surface area contributed by atoms with E-state index in [9.17, 15) is 19.1 Å². The Balaban J connectivity index is 2.71. The molecule has 2 rings (SSSR count). The van der Waals surface area contributed by atoms with Gasteiger partial charge in [-0.05, 0) is 23.8 Å². The first-order chi connectivity index (χ1) is 9.42. The second-order valence-electron chi connectivity index (χ2n) is 4.52. The number of aromatic nitrogens is 1. The third-order valence-corrected chi connectivity index (χ3v) is 3.60. The molecule has 0 saturated carbocycles. The van der Waals surface area contributed by atoms with Crippen LogP contribution in [-0.2, 0) is 15.0 Å². The summed E-state index contributed by atoms with van der Waals surface area (Å²) in [4.78, 5) is 26.7. The molecule has 104 valence electrons. The summed E-state index contributed by atoms with van der Waals surface area (Å²) in [6.45, 7) is 1.38. The second-order valence-corrected chi connectivity index (χ2v) is 4.52. The Morgan fingerprint density at radius 3 is 2.55 bits per heavy atom. The molecule has 5 nitrogen and oxygen atoms in total. The first kappa shape index (κ1) is 13.9. The molecule has 0 fully saturated rings. The topological polar surface area (TPSA) is 87.5 Å². The molecule has 0 aliphatic heterocycles. The zero-order valence-electron chi connectivity index (χ0n) is 10.6. The van der Waals surface area contributed by atoms with Crippen molar-refractivity contribution in [3.05, 3.63) is 53.6 Å². The van der Waals surface area contributed by atoms with Crippen LogP contribution >= 0.6 is 0 Å². The minimum atomic E-state index is -2.06. The predicted molar refractivity (Wildman–Crippen MR) is 67.6 cm³/mol. The highest BCUT2D eigenvalue weighted by Gasteiger charge is 2.53. The van der Waals surface area contributed by atoms with E-state index < -0.39 is 29.1 Å². The van der Waals surface area contributed by atoms with E-state index in [2.05, 4.69) is 4.98 Å². The fraction of sp³-hybridized carbons (Fsp3) is 0.214. The van der Waals surface area contributed by atoms with Gasteiger partial charge in [-0.25, -0.2) is 9.18 Å². The number of carboxylic acids is 2. The lowest BCUT2D eigenvalue weighted by atomic mass is 9.65. The van der Waals surface area contributed by atoms with Gasteiger partial charge in [0.2, 0.25) is 0 Å². The molecule has 2 N–H and O–H groups in total. The Hall–Kier alpha value is -2.50. The highest BCUT2D eigenvalue weighted by atomic mass is 19.1. The number of hydrogen-bond acceptors (Lipinski definition) is 3. The van der Waals surface area contributed by atoms with Crippen LogP contribution in [0.3, 0.4) is 0 Å². The summed E-state index contributed by atoms with van der Waals surface area (Å²) in [5.41, 5.74) is -2.10. The lowest BCUT2D eigenvalue weighted by Gasteiger charge is -2.36. The van der Waals surface area contributed by atoms with Crippen LogP contribution < -0.4 is 0 Å². The van der Waals surface area contributed by atoms with Crippen LogP contribution in [0.1, 0.15) is 12.5 Å². The molecule has 0 bridgehead atoms. The van der Waals surface area contributed by atoms with Gasteiger partial charge in [0.05, 0.1) is 0 Å². The minimum Gasteiger partial charge on any atom is -0.480 e. The first-order valence-corrected chi connectivity index (χ1v) is 5.87. The predicted octanol–water partition coefficient (Wildman–Crippen LogP) is 1.92. The number of carboxylic acid groups (broad SMARTS) is 2. The monoisotopic (exact) mass is 277 g/mol. The van der Waals surface area contributed by atoms with Crippen LogP contribution in [0.5, 0.6) is 0 Å². The Labute approximate surface area is 114 Å². The maximum atomic E-state index is 14.3. The number of pyridine rings is 1. The fourth-order valence-corrected chi connectivity index (χ4v) is 2.53. The molecular weight excluding hydrogens is 265 g/mol. The molecular formula is C14H12FNO4. The van der Waals surface area contributed by atoms with Gasteiger partial charge in [-0.15, -0.1) is 0 Å². The van der Waals surface area contributed by atoms with Crippen molar-refractivity contribution in [1.82, 2.24) is 4.98 Å². The Kier molecular flexibility index (Phi) is 3.40. The molecule has 0 amide bonds. The van der Waals surface area contributed by atoms with E-state index >= 15 is 0 Å². The van der Waals surface area contributed by atoms with Gasteiger partial charge in [-0.1, -0.05) is 13.0 Å². The van der Waals surface area contributed by atoms with E-state index in [-0.39, 0.29) is 11.1 Å². The van der Waals surface area contributed by atoms with Gasteiger partial charge < -0.3 is 10.2 Å². The van der Waals surface area contributed by atoms with Crippen LogP contribution in [0.15, 0.2) is 48.1 Å². The maximum absolute atomic E-state index is 14.3. The van der Waals surface area contributed by atoms with Gasteiger partial charge in [0.1, 0.15) is 5.83 Å². The van der Waals surface area contributed by atoms with E-state index in [0.29, 0.717) is 0 Å². The summed E-state index contributed by atoms with van der Waals surface area (Å²) in [7, 11) is 0. The molecule has 0 radical (unpaired) electrons. The SMILES string of the molecule is CC1C(C(=O)O)=CC=C(F)C1(C(=O)O)c1cccnc1. The number of hydrogen-bond donors (Lipinski definition) is 2. The molecule has 2 atom stereocenters. The molecule has 1 aliphatic rings. The molecule has 0 saturated heterocycles. The quantitative estimate of drug-likeness (QED) is 0.881. The van der Waals surface area contributed by atoms with Crippen molar-refractivity contribution in [1.29, 1.82) is 0 Å². The van der Waals surface area contributed by atoms with Crippen LogP contribution in [0.4, 0.5) is 4.39 Å². The fourth-order valence-electron chi connectivity index (χ4n) is 2.53. The smallest absolute Gasteiger partial charge is 0.331 e. The third kappa shape index (κ3) is 1.80. The molecule has 6 heteroatoms. The van der Waals surface area contributed by atoms with Gasteiger partial charge in [0, 0.05) is 23.9 Å². The van der Waals surface area contributed by atoms with E-state index in [0.717, 1.165) is 12.2 Å². The molecule has 0 spiro atoms. The zero-order valence-corrected chi connectivity index (χ0v) is 10.6. The van der Waals surface area contributed by atoms with Crippen molar-refractivity contribution in [3.63, 3.8) is 0 Å². The Morgan fingerprint density at radius 1 is 1.35 bits per heavy atom. The first-order valence-electron chi connectivity index (χ1n) is 5.87. The molecule has 2 unspecified atom stereocenters. The molecule has 0 aromatic carbocycles. The Bertz CT molecular complexity index is 623. The summed E-state index contributed by atoms with van der Waals surface area (Å²) in [6.07, 6.45) is 4.66. The average molecular weight is 277 g/mol. The summed E-state index contributed by atoms with van der Waals surface area (Å²) in [5, 5.41) is 18.7. The lowest BCUT2D eigenvalue weighted by molar-refractivity contribution is -0.145. The van der Waals surface area contributed by atoms with Gasteiger partial charge >= 0.3 is 11.9 Å². The van der Waals surface area contributed by atoms with Crippen molar-refractivity contribution in [2.75, 3.05) is 0 Å². The van der Waals surface area contributed by atoms with Crippen LogP contribution in [0.2, 0.25) is 0 Å². The van der Waals surface area contributed by atoms with Crippen molar-refractivity contribution in [2.24, 2.45) is 5.92 Å². The van der Waals surface area contributed by atoms with Gasteiger partial charge in [0.15, 0.2) is 5.41 Å². The number of rotatable bonds is 3. The standard InChI is InChI=1S/C14H12FNO4/c1-8-10(12(17)18)4-5-11(15)14(8,13(19)20)9-3-2-6-16-7-9/h2-8H,1H3,(H,17,18)(H,19,20). The van der Waals surface area contributed by atoms with E-state index in [1.807, 2.05) is 0 Å². The van der Waals surface area contributed by atoms with Crippen molar-refractivity contribution < 1.29 is 24.2 Å². The summed E-state index contributed by atoms with van der Waals surface area (Å²) in [6, 6.07) is 2.91. The molecule has 1 aromatic rings. The number of allylic oxidation sites excluding steroid dienone is 2. The van der Waals surface area contributed by atoms with Gasteiger partial charge in [-0.3, -0.25) is 9.78 Å². The molecule has 1 aromatic heterocycles. The zero-order chi connectivity index (χ0) is 14.9. The minimum absolute atomic E-state index is 0.112. The largest absolute Gasteiger partial charge is 0.480 e. The average Bonchev–Trinajstić information content (AvgIpc) is 2.39. The van der Waals surface area contributed by atoms with Gasteiger partial charge in [-0.2, -0.15) is 0 Å². The van der Waals surface area contributed by atoms with E-state index in [1.54, 1.807) is 0 Å². The molecule has 20 heavy (non-hydrogen) atoms. The maximum Gasteiger partial charge on any atom is 0.331 e. The number of carbonyl (C=O) groups is 2. The Morgan fingerprint density at radius 2 is 2.05 bits per heavy atom. The highest BCUT2D eigenvalue weighted by Crippen LogP contribution is 2.46. The van der Waals surface area contributed by atoms with Gasteiger partial charge in [0.25, 0.3) is 0 Å². The highest BCUT2D eigenvalue weighted by molar-refractivity contribution is 5.94. The number of aliphatic carboxylic acids is 2. The van der Waals surface area contributed by atoms with Crippen molar-refractivity contribution in [2.45, 2.75) is 12.3 Å². The lowest BCUT2D eigenvalue weighted by Crippen LogP contribution is -2.46. The summed E-state index contributed by atoms with van der Waals surface area (Å²) in [5.74, 6) is -4.68. The summed E-state index contributed by atoms with van der Waals surface area (Å²) >= 11 is 0. The third-order valence-electron chi connectivity index (χ3n) is 3.60.